The molecule has 1 aromatic carbocycles. The number of para-hydroxylation sites is 2. The largest absolute Gasteiger partial charge is 0.368 e. The summed E-state index contributed by atoms with van der Waals surface area (Å²) in [5, 5.41) is 2.66. The molecule has 1 unspecified atom stereocenters. The number of likely N-dealkylation sites (tertiary alicyclic amines) is 1. The summed E-state index contributed by atoms with van der Waals surface area (Å²) >= 11 is 0. The fourth-order valence-electron chi connectivity index (χ4n) is 4.07. The zero-order chi connectivity index (χ0) is 21.3. The molecule has 0 saturated carbocycles. The first-order valence-corrected chi connectivity index (χ1v) is 10.1. The first-order chi connectivity index (χ1) is 13.6. The Labute approximate surface area is 182 Å². The molecule has 2 atom stereocenters. The lowest BCUT2D eigenvalue weighted by Gasteiger charge is -2.32. The predicted molar refractivity (Wildman–Crippen MR) is 120 cm³/mol. The number of piperidine rings is 1. The van der Waals surface area contributed by atoms with Crippen LogP contribution in [-0.2, 0) is 11.3 Å². The fourth-order valence-corrected chi connectivity index (χ4v) is 4.07. The highest BCUT2D eigenvalue weighted by Gasteiger charge is 2.33. The van der Waals surface area contributed by atoms with E-state index in [0.717, 1.165) is 30.4 Å². The Bertz CT molecular complexity index is 975. The van der Waals surface area contributed by atoms with Crippen LogP contribution in [0.3, 0.4) is 0 Å². The molecule has 1 aliphatic rings. The molecule has 166 valence electrons. The van der Waals surface area contributed by atoms with Crippen molar-refractivity contribution in [1.82, 2.24) is 19.4 Å². The number of nitrogens with zero attached hydrogens (tertiary/aromatic N) is 3. The van der Waals surface area contributed by atoms with E-state index in [2.05, 4.69) is 17.3 Å². The Balaban J connectivity index is 0.00000320. The minimum atomic E-state index is -0.895. The van der Waals surface area contributed by atoms with E-state index in [1.165, 1.54) is 0 Å². The van der Waals surface area contributed by atoms with Crippen molar-refractivity contribution in [3.05, 3.63) is 34.7 Å². The normalized spacial score (nSPS) is 18.6. The van der Waals surface area contributed by atoms with E-state index >= 15 is 0 Å². The third-order valence-electron chi connectivity index (χ3n) is 5.77. The van der Waals surface area contributed by atoms with Gasteiger partial charge in [-0.25, -0.2) is 14.2 Å². The topological polar surface area (TPSA) is 102 Å². The number of nitrogens with one attached hydrogen (secondary N) is 1. The van der Waals surface area contributed by atoms with Crippen molar-refractivity contribution in [2.24, 2.45) is 11.1 Å². The van der Waals surface area contributed by atoms with Crippen LogP contribution in [0.1, 0.15) is 40.0 Å². The van der Waals surface area contributed by atoms with Crippen molar-refractivity contribution in [2.45, 2.75) is 58.7 Å². The van der Waals surface area contributed by atoms with Gasteiger partial charge in [0.15, 0.2) is 0 Å². The molecule has 1 fully saturated rings. The number of imidazole rings is 1. The number of primary amides is 1. The van der Waals surface area contributed by atoms with Crippen LogP contribution in [0.5, 0.6) is 0 Å². The summed E-state index contributed by atoms with van der Waals surface area (Å²) in [5.74, 6) is -0.633. The van der Waals surface area contributed by atoms with Crippen LogP contribution < -0.4 is 16.7 Å². The van der Waals surface area contributed by atoms with E-state index in [4.69, 9.17) is 5.73 Å². The van der Waals surface area contributed by atoms with Crippen LogP contribution in [-0.4, -0.2) is 51.6 Å². The zero-order valence-electron chi connectivity index (χ0n) is 18.1. The van der Waals surface area contributed by atoms with Crippen LogP contribution in [0.15, 0.2) is 29.1 Å². The number of aromatic nitrogens is 2. The molecule has 1 aliphatic heterocycles. The molecule has 0 aliphatic carbocycles. The Morgan fingerprint density at radius 2 is 1.83 bits per heavy atom. The van der Waals surface area contributed by atoms with E-state index in [9.17, 15) is 14.4 Å². The molecule has 3 N–H and O–H groups in total. The molecule has 2 heterocycles. The Morgan fingerprint density at radius 3 is 2.40 bits per heavy atom. The van der Waals surface area contributed by atoms with Gasteiger partial charge < -0.3 is 16.0 Å². The van der Waals surface area contributed by atoms with Crippen molar-refractivity contribution >= 4 is 35.4 Å². The highest BCUT2D eigenvalue weighted by molar-refractivity contribution is 5.92. The van der Waals surface area contributed by atoms with Crippen molar-refractivity contribution in [3.63, 3.8) is 0 Å². The highest BCUT2D eigenvalue weighted by atomic mass is 35.5. The Kier molecular flexibility index (Phi) is 7.36. The number of carbonyl (C=O) groups excluding carboxylic acids is 2. The van der Waals surface area contributed by atoms with Gasteiger partial charge in [-0.2, -0.15) is 0 Å². The average molecular weight is 438 g/mol. The van der Waals surface area contributed by atoms with Gasteiger partial charge in [0.2, 0.25) is 5.91 Å². The second-order valence-electron chi connectivity index (χ2n) is 9.00. The maximum Gasteiger partial charge on any atom is 0.337 e. The number of hydrogen-bond donors (Lipinski definition) is 2. The number of nitrogens with two attached hydrogens (primary N) is 1. The van der Waals surface area contributed by atoms with Gasteiger partial charge in [-0.1, -0.05) is 39.3 Å². The third kappa shape index (κ3) is 4.70. The monoisotopic (exact) mass is 437 g/mol. The lowest BCUT2D eigenvalue weighted by Crippen LogP contribution is -2.54. The van der Waals surface area contributed by atoms with E-state index < -0.39 is 29.1 Å². The molecule has 2 amide bonds. The summed E-state index contributed by atoms with van der Waals surface area (Å²) in [5.41, 5.74) is 5.74. The van der Waals surface area contributed by atoms with E-state index in [0.29, 0.717) is 17.6 Å². The van der Waals surface area contributed by atoms with Crippen molar-refractivity contribution < 1.29 is 9.59 Å². The molecule has 9 heteroatoms. The van der Waals surface area contributed by atoms with Crippen molar-refractivity contribution in [3.8, 4) is 0 Å². The number of benzene rings is 1. The summed E-state index contributed by atoms with van der Waals surface area (Å²) in [6.45, 7) is 6.97. The Morgan fingerprint density at radius 1 is 1.20 bits per heavy atom. The van der Waals surface area contributed by atoms with Crippen LogP contribution in [0.4, 0.5) is 4.79 Å². The second-order valence-corrected chi connectivity index (χ2v) is 9.00. The molecule has 0 spiro atoms. The lowest BCUT2D eigenvalue weighted by atomic mass is 9.86. The van der Waals surface area contributed by atoms with Crippen molar-refractivity contribution in [2.75, 3.05) is 13.6 Å². The van der Waals surface area contributed by atoms with Gasteiger partial charge in [0, 0.05) is 12.6 Å². The maximum absolute atomic E-state index is 13.2. The molecule has 0 bridgehead atoms. The quantitative estimate of drug-likeness (QED) is 0.765. The van der Waals surface area contributed by atoms with Gasteiger partial charge in [-0.05, 0) is 44.0 Å². The van der Waals surface area contributed by atoms with Crippen LogP contribution in [0, 0.1) is 5.41 Å². The number of fused-ring (bicyclic) bond motifs is 1. The van der Waals surface area contributed by atoms with E-state index in [-0.39, 0.29) is 18.4 Å². The smallest absolute Gasteiger partial charge is 0.337 e. The number of halogens is 1. The minimum Gasteiger partial charge on any atom is -0.368 e. The molecule has 2 aromatic rings. The molecule has 30 heavy (non-hydrogen) atoms. The van der Waals surface area contributed by atoms with E-state index in [1.807, 2.05) is 32.9 Å². The summed E-state index contributed by atoms with van der Waals surface area (Å²) < 4.78 is 2.78. The number of hydrogen-bond acceptors (Lipinski definition) is 4. The zero-order valence-corrected chi connectivity index (χ0v) is 18.9. The number of rotatable bonds is 4. The SMILES string of the molecule is CN1CCCCC1Cn1c(=O)n(C(=O)N[C@H](C(N)=O)C(C)(C)C)c2ccccc21.Cl. The van der Waals surface area contributed by atoms with Gasteiger partial charge in [-0.3, -0.25) is 9.36 Å². The summed E-state index contributed by atoms with van der Waals surface area (Å²) in [7, 11) is 2.07. The van der Waals surface area contributed by atoms with Crippen molar-refractivity contribution in [1.29, 1.82) is 0 Å². The molecule has 1 saturated heterocycles. The molecular formula is C21H32ClN5O3. The van der Waals surface area contributed by atoms with Crippen LogP contribution >= 0.6 is 12.4 Å². The fraction of sp³-hybridized carbons (Fsp3) is 0.571. The van der Waals surface area contributed by atoms with Gasteiger partial charge in [0.1, 0.15) is 6.04 Å². The predicted octanol–water partition coefficient (Wildman–Crippen LogP) is 2.17. The van der Waals surface area contributed by atoms with Crippen LogP contribution in [0.25, 0.3) is 11.0 Å². The standard InChI is InChI=1S/C21H31N5O3.ClH/c1-21(2,3)17(18(22)27)23-19(28)26-16-11-6-5-10-15(16)25(20(26)29)13-14-9-7-8-12-24(14)4;/h5-6,10-11,14,17H,7-9,12-13H2,1-4H3,(H2,22,27)(H,23,28);1H/t14?,17-;/m1./s1. The summed E-state index contributed by atoms with van der Waals surface area (Å²) in [6, 6.07) is 5.95. The van der Waals surface area contributed by atoms with Gasteiger partial charge in [0.05, 0.1) is 11.0 Å². The maximum atomic E-state index is 13.2. The third-order valence-corrected chi connectivity index (χ3v) is 5.77. The number of carbonyl (C=O) groups is 2. The highest BCUT2D eigenvalue weighted by Crippen LogP contribution is 2.21. The first kappa shape index (κ1) is 24.0. The summed E-state index contributed by atoms with van der Waals surface area (Å²) in [6.07, 6.45) is 3.31. The van der Waals surface area contributed by atoms with Gasteiger partial charge in [0.25, 0.3) is 0 Å². The summed E-state index contributed by atoms with van der Waals surface area (Å²) in [4.78, 5) is 40.4. The van der Waals surface area contributed by atoms with Crippen LogP contribution in [0.2, 0.25) is 0 Å². The lowest BCUT2D eigenvalue weighted by molar-refractivity contribution is -0.122. The van der Waals surface area contributed by atoms with E-state index in [1.54, 1.807) is 16.7 Å². The average Bonchev–Trinajstić information content (AvgIpc) is 2.92. The van der Waals surface area contributed by atoms with Gasteiger partial charge >= 0.3 is 11.7 Å². The first-order valence-electron chi connectivity index (χ1n) is 10.1. The molecular weight excluding hydrogens is 406 g/mol. The minimum absolute atomic E-state index is 0. The number of likely N-dealkylation sites (N-methyl/N-ethyl adjacent to an activating group) is 1. The van der Waals surface area contributed by atoms with Gasteiger partial charge in [-0.15, -0.1) is 12.4 Å². The Hall–Kier alpha value is -2.32. The number of amides is 2. The second kappa shape index (κ2) is 9.22. The molecule has 0 radical (unpaired) electrons. The molecule has 3 rings (SSSR count). The molecule has 1 aromatic heterocycles. The molecule has 8 nitrogen and oxygen atoms in total.